The molecule has 0 saturated carbocycles. The lowest BCUT2D eigenvalue weighted by molar-refractivity contribution is -0.139. The number of nitrogens with zero attached hydrogens (tertiary/aromatic N) is 1. The van der Waals surface area contributed by atoms with Gasteiger partial charge in [-0.1, -0.05) is 74.0 Å². The number of hydrogen-bond acceptors (Lipinski definition) is 7. The average Bonchev–Trinajstić information content (AvgIpc) is 3.18. The minimum Gasteiger partial charge on any atom is -0.497 e. The Morgan fingerprint density at radius 2 is 1.36 bits per heavy atom. The normalized spacial score (nSPS) is 10.7. The van der Waals surface area contributed by atoms with Gasteiger partial charge < -0.3 is 29.5 Å². The second-order valence-electron chi connectivity index (χ2n) is 12.2. The lowest BCUT2D eigenvalue weighted by Gasteiger charge is -2.22. The van der Waals surface area contributed by atoms with Crippen molar-refractivity contribution < 1.29 is 51.7 Å². The molecule has 10 nitrogen and oxygen atoms in total. The van der Waals surface area contributed by atoms with Crippen molar-refractivity contribution >= 4 is 29.4 Å². The highest BCUT2D eigenvalue weighted by molar-refractivity contribution is 6.00. The van der Waals surface area contributed by atoms with Gasteiger partial charge >= 0.3 is 18.1 Å². The largest absolute Gasteiger partial charge is 0.497 e. The summed E-state index contributed by atoms with van der Waals surface area (Å²) in [6.45, 7) is 5.20. The molecule has 5 rings (SSSR count). The molecule has 0 aliphatic rings. The van der Waals surface area contributed by atoms with Gasteiger partial charge in [0.2, 0.25) is 5.91 Å². The van der Waals surface area contributed by atoms with E-state index in [0.29, 0.717) is 11.1 Å². The number of anilines is 1. The van der Waals surface area contributed by atoms with Gasteiger partial charge in [0, 0.05) is 18.3 Å². The third kappa shape index (κ3) is 11.2. The van der Waals surface area contributed by atoms with Crippen LogP contribution in [0.1, 0.15) is 56.8 Å². The van der Waals surface area contributed by atoms with Gasteiger partial charge in [-0.3, -0.25) is 14.4 Å². The van der Waals surface area contributed by atoms with Crippen LogP contribution in [0.25, 0.3) is 11.1 Å². The molecule has 2 amide bonds. The van der Waals surface area contributed by atoms with Gasteiger partial charge in [-0.15, -0.1) is 0 Å². The summed E-state index contributed by atoms with van der Waals surface area (Å²) >= 11 is 0. The Labute approximate surface area is 322 Å². The van der Waals surface area contributed by atoms with E-state index in [1.54, 1.807) is 24.3 Å². The molecule has 56 heavy (non-hydrogen) atoms. The van der Waals surface area contributed by atoms with Gasteiger partial charge in [-0.2, -0.15) is 13.2 Å². The van der Waals surface area contributed by atoms with Crippen LogP contribution in [-0.4, -0.2) is 54.5 Å². The van der Waals surface area contributed by atoms with Crippen LogP contribution in [0, 0.1) is 6.92 Å². The number of rotatable bonds is 13. The van der Waals surface area contributed by atoms with Crippen molar-refractivity contribution in [3.05, 3.63) is 143 Å². The van der Waals surface area contributed by atoms with Crippen molar-refractivity contribution in [2.75, 3.05) is 26.1 Å². The molecule has 0 radical (unpaired) electrons. The predicted octanol–water partition coefficient (Wildman–Crippen LogP) is 8.85. The summed E-state index contributed by atoms with van der Waals surface area (Å²) in [7, 11) is 2.50. The molecule has 0 spiro atoms. The molecular weight excluding hydrogens is 729 g/mol. The topological polar surface area (TPSA) is 131 Å². The zero-order valence-corrected chi connectivity index (χ0v) is 31.4. The zero-order valence-electron chi connectivity index (χ0n) is 31.4. The lowest BCUT2D eigenvalue weighted by Crippen LogP contribution is -2.35. The fraction of sp³-hybridized carbons (Fsp3) is 0.209. The van der Waals surface area contributed by atoms with Crippen molar-refractivity contribution in [1.82, 2.24) is 4.90 Å². The van der Waals surface area contributed by atoms with Gasteiger partial charge in [0.25, 0.3) is 5.91 Å². The van der Waals surface area contributed by atoms with Crippen LogP contribution in [0.15, 0.2) is 109 Å². The maximum absolute atomic E-state index is 13.6. The molecular formula is C43H41F3N2O8. The van der Waals surface area contributed by atoms with Crippen LogP contribution < -0.4 is 19.5 Å². The highest BCUT2D eigenvalue weighted by Crippen LogP contribution is 2.35. The number of carbonyl (C=O) groups excluding carboxylic acids is 3. The molecule has 0 heterocycles. The van der Waals surface area contributed by atoms with Crippen molar-refractivity contribution in [2.45, 2.75) is 39.9 Å². The molecule has 5 aromatic carbocycles. The number of benzene rings is 5. The molecule has 0 atom stereocenters. The van der Waals surface area contributed by atoms with Crippen molar-refractivity contribution in [3.63, 3.8) is 0 Å². The second kappa shape index (κ2) is 19.1. The van der Waals surface area contributed by atoms with E-state index < -0.39 is 48.5 Å². The van der Waals surface area contributed by atoms with Crippen molar-refractivity contribution in [3.8, 4) is 28.4 Å². The van der Waals surface area contributed by atoms with E-state index in [0.717, 1.165) is 33.7 Å². The first-order valence-electron chi connectivity index (χ1n) is 17.5. The minimum atomic E-state index is -4.72. The molecule has 0 unspecified atom stereocenters. The van der Waals surface area contributed by atoms with Gasteiger partial charge in [-0.25, -0.2) is 4.79 Å². The Morgan fingerprint density at radius 1 is 0.750 bits per heavy atom. The van der Waals surface area contributed by atoms with Crippen LogP contribution in [0.3, 0.4) is 0 Å². The van der Waals surface area contributed by atoms with E-state index >= 15 is 0 Å². The van der Waals surface area contributed by atoms with E-state index in [1.165, 1.54) is 50.6 Å². The first-order valence-corrected chi connectivity index (χ1v) is 17.5. The van der Waals surface area contributed by atoms with E-state index in [9.17, 15) is 37.5 Å². The molecule has 0 fully saturated rings. The predicted molar refractivity (Wildman–Crippen MR) is 205 cm³/mol. The number of alkyl halides is 3. The standard InChI is InChI=1S/C41H35F3N2O8.C2H6/c1-25-4-8-27(9-5-25)28-10-12-29(13-11-28)40(51)54-32-16-6-26(7-17-32)23-46(24-38(48)49)39(50)34-19-15-31(21-36(34)53-3)45-37(47)20-30-14-18-33(52-2)22-35(30)41(42,43)44;1-2/h4-19,21-22H,20,23-24H2,1-3H3,(H,45,47)(H,48,49);1-2H3. The van der Waals surface area contributed by atoms with Gasteiger partial charge in [-0.05, 0) is 77.7 Å². The minimum absolute atomic E-state index is 0.0112. The smallest absolute Gasteiger partial charge is 0.416 e. The Balaban J connectivity index is 0.00000342. The number of amides is 2. The number of hydrogen-bond donors (Lipinski definition) is 2. The highest BCUT2D eigenvalue weighted by Gasteiger charge is 2.34. The molecule has 5 aromatic rings. The summed E-state index contributed by atoms with van der Waals surface area (Å²) in [6.07, 6.45) is -5.32. The molecule has 0 saturated heterocycles. The van der Waals surface area contributed by atoms with Gasteiger partial charge in [0.1, 0.15) is 23.8 Å². The van der Waals surface area contributed by atoms with Crippen LogP contribution >= 0.6 is 0 Å². The van der Waals surface area contributed by atoms with E-state index in [-0.39, 0.29) is 40.6 Å². The molecule has 13 heteroatoms. The number of carboxylic acid groups (broad SMARTS) is 1. The first-order chi connectivity index (χ1) is 26.7. The fourth-order valence-electron chi connectivity index (χ4n) is 5.55. The maximum atomic E-state index is 13.6. The Kier molecular flexibility index (Phi) is 14.4. The van der Waals surface area contributed by atoms with Crippen molar-refractivity contribution in [1.29, 1.82) is 0 Å². The molecule has 0 aliphatic heterocycles. The summed E-state index contributed by atoms with van der Waals surface area (Å²) in [6, 6.07) is 28.5. The number of aryl methyl sites for hydroxylation is 1. The number of carboxylic acids is 1. The highest BCUT2D eigenvalue weighted by atomic mass is 19.4. The number of ether oxygens (including phenoxy) is 3. The van der Waals surface area contributed by atoms with Gasteiger partial charge in [0.05, 0.1) is 37.3 Å². The summed E-state index contributed by atoms with van der Waals surface area (Å²) in [5.74, 6) is -3.09. The number of carbonyl (C=O) groups is 4. The third-order valence-corrected chi connectivity index (χ3v) is 8.32. The van der Waals surface area contributed by atoms with Crippen LogP contribution in [0.4, 0.5) is 18.9 Å². The first kappa shape index (κ1) is 42.1. The Bertz CT molecular complexity index is 2150. The summed E-state index contributed by atoms with van der Waals surface area (Å²) in [4.78, 5) is 52.0. The number of halogens is 3. The quantitative estimate of drug-likeness (QED) is 0.0897. The SMILES string of the molecule is CC.COc1ccc(CC(=O)Nc2ccc(C(=O)N(CC(=O)O)Cc3ccc(OC(=O)c4ccc(-c5ccc(C)cc5)cc4)cc3)c(OC)c2)c(C(F)(F)F)c1. The number of esters is 1. The Hall–Kier alpha value is -6.63. The molecule has 2 N–H and O–H groups in total. The average molecular weight is 771 g/mol. The number of nitrogens with one attached hydrogen (secondary N) is 1. The number of aliphatic carboxylic acids is 1. The van der Waals surface area contributed by atoms with Crippen LogP contribution in [0.2, 0.25) is 0 Å². The van der Waals surface area contributed by atoms with Crippen LogP contribution in [0.5, 0.6) is 17.2 Å². The van der Waals surface area contributed by atoms with Gasteiger partial charge in [0.15, 0.2) is 0 Å². The van der Waals surface area contributed by atoms with Crippen molar-refractivity contribution in [2.24, 2.45) is 0 Å². The van der Waals surface area contributed by atoms with Crippen LogP contribution in [-0.2, 0) is 28.7 Å². The summed E-state index contributed by atoms with van der Waals surface area (Å²) < 4.78 is 56.7. The molecule has 0 bridgehead atoms. The second-order valence-corrected chi connectivity index (χ2v) is 12.2. The van der Waals surface area contributed by atoms with E-state index in [1.807, 2.05) is 57.2 Å². The monoisotopic (exact) mass is 770 g/mol. The molecule has 0 aromatic heterocycles. The molecule has 0 aliphatic carbocycles. The fourth-order valence-corrected chi connectivity index (χ4v) is 5.55. The third-order valence-electron chi connectivity index (χ3n) is 8.32. The number of methoxy groups -OCH3 is 2. The maximum Gasteiger partial charge on any atom is 0.416 e. The molecule has 292 valence electrons. The Morgan fingerprint density at radius 3 is 1.93 bits per heavy atom. The summed E-state index contributed by atoms with van der Waals surface area (Å²) in [5, 5.41) is 12.1. The summed E-state index contributed by atoms with van der Waals surface area (Å²) in [5.41, 5.74) is 2.82. The van der Waals surface area contributed by atoms with E-state index in [2.05, 4.69) is 5.32 Å². The lowest BCUT2D eigenvalue weighted by atomic mass is 10.0. The van der Waals surface area contributed by atoms with E-state index in [4.69, 9.17) is 14.2 Å². The zero-order chi connectivity index (χ0) is 41.0.